The minimum absolute atomic E-state index is 0.00385. The van der Waals surface area contributed by atoms with Crippen molar-refractivity contribution >= 4 is 15.9 Å². The van der Waals surface area contributed by atoms with Gasteiger partial charge in [0.05, 0.1) is 10.8 Å². The number of carbonyl (C=O) groups excluding carboxylic acids is 1. The average molecular weight is 421 g/mol. The molecule has 0 aliphatic carbocycles. The summed E-state index contributed by atoms with van der Waals surface area (Å²) in [5, 5.41) is 0. The van der Waals surface area contributed by atoms with E-state index in [0.717, 1.165) is 11.1 Å². The molecule has 0 spiro atoms. The second-order valence-corrected chi connectivity index (χ2v) is 9.23. The molecule has 1 amide bonds. The third-order valence-corrected chi connectivity index (χ3v) is 7.36. The lowest BCUT2D eigenvalue weighted by atomic mass is 9.90. The van der Waals surface area contributed by atoms with Gasteiger partial charge < -0.3 is 4.90 Å². The van der Waals surface area contributed by atoms with Crippen LogP contribution in [0.4, 0.5) is 0 Å². The van der Waals surface area contributed by atoms with E-state index in [-0.39, 0.29) is 10.8 Å². The molecule has 3 aromatic carbocycles. The molecule has 0 saturated carbocycles. The van der Waals surface area contributed by atoms with Gasteiger partial charge in [-0.25, -0.2) is 8.42 Å². The molecule has 0 aromatic heterocycles. The molecule has 5 nitrogen and oxygen atoms in total. The third-order valence-electron chi connectivity index (χ3n) is 5.44. The van der Waals surface area contributed by atoms with E-state index in [1.807, 2.05) is 60.7 Å². The smallest absolute Gasteiger partial charge is 0.243 e. The molecule has 3 aromatic rings. The van der Waals surface area contributed by atoms with Gasteiger partial charge in [0.2, 0.25) is 15.9 Å². The summed E-state index contributed by atoms with van der Waals surface area (Å²) in [4.78, 5) is 15.6. The van der Waals surface area contributed by atoms with E-state index in [2.05, 4.69) is 0 Å². The minimum Gasteiger partial charge on any atom is -0.339 e. The molecule has 1 heterocycles. The highest BCUT2D eigenvalue weighted by Crippen LogP contribution is 2.28. The zero-order chi connectivity index (χ0) is 21.0. The zero-order valence-corrected chi connectivity index (χ0v) is 17.4. The van der Waals surface area contributed by atoms with Crippen molar-refractivity contribution in [3.8, 4) is 0 Å². The Kier molecular flexibility index (Phi) is 5.97. The third kappa shape index (κ3) is 4.15. The number of hydrogen-bond acceptors (Lipinski definition) is 3. The van der Waals surface area contributed by atoms with Gasteiger partial charge in [0.15, 0.2) is 0 Å². The standard InChI is InChI=1S/C24H24N2O3S/c27-24(23(20-10-4-1-5-11-20)21-12-6-2-7-13-21)25-16-18-26(19-17-25)30(28,29)22-14-8-3-9-15-22/h1-15,23H,16-19H2. The Labute approximate surface area is 177 Å². The molecule has 1 saturated heterocycles. The van der Waals surface area contributed by atoms with Crippen LogP contribution in [-0.4, -0.2) is 49.7 Å². The molecule has 0 bridgehead atoms. The van der Waals surface area contributed by atoms with Gasteiger partial charge in [-0.2, -0.15) is 4.31 Å². The van der Waals surface area contributed by atoms with E-state index in [4.69, 9.17) is 0 Å². The molecule has 30 heavy (non-hydrogen) atoms. The molecular formula is C24H24N2O3S. The molecule has 0 unspecified atom stereocenters. The fourth-order valence-corrected chi connectivity index (χ4v) is 5.28. The van der Waals surface area contributed by atoms with Gasteiger partial charge in [0.1, 0.15) is 0 Å². The van der Waals surface area contributed by atoms with E-state index in [9.17, 15) is 13.2 Å². The molecule has 0 atom stereocenters. The first-order valence-corrected chi connectivity index (χ1v) is 11.5. The fourth-order valence-electron chi connectivity index (χ4n) is 3.84. The second kappa shape index (κ2) is 8.81. The van der Waals surface area contributed by atoms with E-state index >= 15 is 0 Å². The van der Waals surface area contributed by atoms with Gasteiger partial charge in [-0.1, -0.05) is 78.9 Å². The maximum atomic E-state index is 13.5. The van der Waals surface area contributed by atoms with Crippen molar-refractivity contribution in [3.05, 3.63) is 102 Å². The van der Waals surface area contributed by atoms with Crippen LogP contribution < -0.4 is 0 Å². The number of piperazine rings is 1. The molecule has 4 rings (SSSR count). The molecule has 1 aliphatic rings. The summed E-state index contributed by atoms with van der Waals surface area (Å²) in [7, 11) is -3.54. The number of sulfonamides is 1. The van der Waals surface area contributed by atoms with E-state index < -0.39 is 15.9 Å². The monoisotopic (exact) mass is 420 g/mol. The van der Waals surface area contributed by atoms with Crippen LogP contribution in [0.2, 0.25) is 0 Å². The van der Waals surface area contributed by atoms with Crippen molar-refractivity contribution in [1.82, 2.24) is 9.21 Å². The van der Waals surface area contributed by atoms with E-state index in [1.165, 1.54) is 4.31 Å². The first-order valence-electron chi connectivity index (χ1n) is 10.0. The topological polar surface area (TPSA) is 57.7 Å². The molecular weight excluding hydrogens is 396 g/mol. The molecule has 154 valence electrons. The van der Waals surface area contributed by atoms with Gasteiger partial charge in [-0.05, 0) is 23.3 Å². The van der Waals surface area contributed by atoms with Crippen LogP contribution >= 0.6 is 0 Å². The van der Waals surface area contributed by atoms with Crippen molar-refractivity contribution in [2.45, 2.75) is 10.8 Å². The molecule has 0 radical (unpaired) electrons. The van der Waals surface area contributed by atoms with Crippen LogP contribution in [0.1, 0.15) is 17.0 Å². The molecule has 1 aliphatic heterocycles. The van der Waals surface area contributed by atoms with Crippen molar-refractivity contribution in [2.75, 3.05) is 26.2 Å². The van der Waals surface area contributed by atoms with Crippen LogP contribution in [0.25, 0.3) is 0 Å². The Morgan fingerprint density at radius 2 is 1.10 bits per heavy atom. The van der Waals surface area contributed by atoms with Crippen LogP contribution in [0.5, 0.6) is 0 Å². The van der Waals surface area contributed by atoms with Crippen molar-refractivity contribution < 1.29 is 13.2 Å². The SMILES string of the molecule is O=C(C(c1ccccc1)c1ccccc1)N1CCN(S(=O)(=O)c2ccccc2)CC1. The zero-order valence-electron chi connectivity index (χ0n) is 16.6. The normalized spacial score (nSPS) is 15.3. The lowest BCUT2D eigenvalue weighted by Gasteiger charge is -2.36. The Bertz CT molecular complexity index is 1040. The van der Waals surface area contributed by atoms with Crippen LogP contribution in [0.15, 0.2) is 95.9 Å². The van der Waals surface area contributed by atoms with Gasteiger partial charge >= 0.3 is 0 Å². The van der Waals surface area contributed by atoms with Gasteiger partial charge in [-0.3, -0.25) is 4.79 Å². The summed E-state index contributed by atoms with van der Waals surface area (Å²) in [5.74, 6) is -0.395. The number of rotatable bonds is 5. The number of nitrogens with zero attached hydrogens (tertiary/aromatic N) is 2. The highest BCUT2D eigenvalue weighted by molar-refractivity contribution is 7.89. The minimum atomic E-state index is -3.54. The maximum absolute atomic E-state index is 13.5. The van der Waals surface area contributed by atoms with Crippen LogP contribution in [-0.2, 0) is 14.8 Å². The number of benzene rings is 3. The first-order chi connectivity index (χ1) is 14.6. The lowest BCUT2D eigenvalue weighted by Crippen LogP contribution is -2.51. The fraction of sp³-hybridized carbons (Fsp3) is 0.208. The number of hydrogen-bond donors (Lipinski definition) is 0. The van der Waals surface area contributed by atoms with Gasteiger partial charge in [-0.15, -0.1) is 0 Å². The summed E-state index contributed by atoms with van der Waals surface area (Å²) >= 11 is 0. The van der Waals surface area contributed by atoms with E-state index in [1.54, 1.807) is 35.2 Å². The molecule has 1 fully saturated rings. The predicted octanol–water partition coefficient (Wildman–Crippen LogP) is 3.35. The quantitative estimate of drug-likeness (QED) is 0.636. The lowest BCUT2D eigenvalue weighted by molar-refractivity contribution is -0.133. The molecule has 6 heteroatoms. The van der Waals surface area contributed by atoms with Crippen LogP contribution in [0, 0.1) is 0 Å². The Morgan fingerprint density at radius 3 is 1.57 bits per heavy atom. The van der Waals surface area contributed by atoms with Crippen molar-refractivity contribution in [2.24, 2.45) is 0 Å². The Balaban J connectivity index is 1.53. The summed E-state index contributed by atoms with van der Waals surface area (Å²) in [6.45, 7) is 1.33. The molecule has 0 N–H and O–H groups in total. The van der Waals surface area contributed by atoms with Crippen molar-refractivity contribution in [3.63, 3.8) is 0 Å². The Morgan fingerprint density at radius 1 is 0.667 bits per heavy atom. The predicted molar refractivity (Wildman–Crippen MR) is 117 cm³/mol. The first kappa shape index (κ1) is 20.3. The Hall–Kier alpha value is -2.96. The summed E-state index contributed by atoms with van der Waals surface area (Å²) in [5.41, 5.74) is 1.88. The highest BCUT2D eigenvalue weighted by Gasteiger charge is 2.33. The number of carbonyl (C=O) groups is 1. The van der Waals surface area contributed by atoms with Crippen LogP contribution in [0.3, 0.4) is 0 Å². The number of amides is 1. The van der Waals surface area contributed by atoms with Crippen molar-refractivity contribution in [1.29, 1.82) is 0 Å². The van der Waals surface area contributed by atoms with Gasteiger partial charge in [0, 0.05) is 26.2 Å². The summed E-state index contributed by atoms with van der Waals surface area (Å²) in [6, 6.07) is 27.9. The average Bonchev–Trinajstić information content (AvgIpc) is 2.81. The highest BCUT2D eigenvalue weighted by atomic mass is 32.2. The maximum Gasteiger partial charge on any atom is 0.243 e. The van der Waals surface area contributed by atoms with Gasteiger partial charge in [0.25, 0.3) is 0 Å². The largest absolute Gasteiger partial charge is 0.339 e. The second-order valence-electron chi connectivity index (χ2n) is 7.30. The summed E-state index contributed by atoms with van der Waals surface area (Å²) < 4.78 is 27.2. The van der Waals surface area contributed by atoms with E-state index in [0.29, 0.717) is 26.2 Å². The summed E-state index contributed by atoms with van der Waals surface area (Å²) in [6.07, 6.45) is 0.